The van der Waals surface area contributed by atoms with Crippen molar-refractivity contribution in [2.45, 2.75) is 94.1 Å². The van der Waals surface area contributed by atoms with Crippen LogP contribution >= 0.6 is 0 Å². The molecule has 2 aromatic rings. The van der Waals surface area contributed by atoms with Crippen LogP contribution in [0.2, 0.25) is 25.7 Å². The molecule has 2 atom stereocenters. The molecule has 222 valence electrons. The SMILES string of the molecule is CC1CCC(c2ccccc2)S(=O)(=O)N1Cc1cc(F)c(C2(CO)CC(C)(OCOCC[Si](C)(C)C)C2)cc1F. The number of aliphatic hydroxyl groups is 1. The molecule has 2 fully saturated rings. The average molecular weight is 596 g/mol. The zero-order valence-corrected chi connectivity index (χ0v) is 26.1. The van der Waals surface area contributed by atoms with E-state index in [-0.39, 0.29) is 37.1 Å². The van der Waals surface area contributed by atoms with Gasteiger partial charge in [-0.1, -0.05) is 50.0 Å². The Morgan fingerprint density at radius 3 is 2.38 bits per heavy atom. The summed E-state index contributed by atoms with van der Waals surface area (Å²) in [5.74, 6) is -1.33. The van der Waals surface area contributed by atoms with E-state index in [0.717, 1.165) is 18.2 Å². The Morgan fingerprint density at radius 1 is 1.07 bits per heavy atom. The molecule has 0 spiro atoms. The summed E-state index contributed by atoms with van der Waals surface area (Å²) < 4.78 is 71.0. The minimum atomic E-state index is -3.79. The fraction of sp³-hybridized carbons (Fsp3) is 0.600. The molecule has 1 heterocycles. The monoisotopic (exact) mass is 595 g/mol. The zero-order valence-electron chi connectivity index (χ0n) is 24.3. The number of hydrogen-bond acceptors (Lipinski definition) is 5. The molecule has 0 aromatic heterocycles. The molecule has 1 aliphatic heterocycles. The van der Waals surface area contributed by atoms with Crippen LogP contribution in [0.5, 0.6) is 0 Å². The highest BCUT2D eigenvalue weighted by Crippen LogP contribution is 2.53. The number of benzene rings is 2. The molecule has 1 saturated heterocycles. The molecule has 2 aliphatic rings. The Kier molecular flexibility index (Phi) is 9.29. The van der Waals surface area contributed by atoms with E-state index < -0.39 is 46.0 Å². The maximum atomic E-state index is 15.5. The second kappa shape index (κ2) is 11.9. The van der Waals surface area contributed by atoms with Crippen LogP contribution in [0.15, 0.2) is 42.5 Å². The first kappa shape index (κ1) is 31.2. The van der Waals surface area contributed by atoms with Crippen molar-refractivity contribution < 1.29 is 31.8 Å². The van der Waals surface area contributed by atoms with Crippen molar-refractivity contribution in [1.29, 1.82) is 0 Å². The molecule has 6 nitrogen and oxygen atoms in total. The van der Waals surface area contributed by atoms with Crippen LogP contribution in [-0.4, -0.2) is 57.6 Å². The van der Waals surface area contributed by atoms with Crippen LogP contribution < -0.4 is 0 Å². The van der Waals surface area contributed by atoms with Crippen molar-refractivity contribution in [1.82, 2.24) is 4.31 Å². The summed E-state index contributed by atoms with van der Waals surface area (Å²) in [6, 6.07) is 11.9. The van der Waals surface area contributed by atoms with E-state index in [1.165, 1.54) is 4.31 Å². The number of hydrogen-bond donors (Lipinski definition) is 1. The standard InChI is InChI=1S/C30H43F2NO5SSi/c1-22-11-12-28(23-9-7-6-8-10-23)39(35,36)33(22)17-24-15-27(32)25(16-26(24)31)30(20-34)18-29(2,19-30)38-21-37-13-14-40(3,4)5/h6-10,15-16,22,28,34H,11-14,17-21H2,1-5H3. The van der Waals surface area contributed by atoms with Gasteiger partial charge in [-0.3, -0.25) is 0 Å². The van der Waals surface area contributed by atoms with E-state index in [4.69, 9.17) is 9.47 Å². The first-order valence-corrected chi connectivity index (χ1v) is 19.3. The first-order chi connectivity index (χ1) is 18.7. The van der Waals surface area contributed by atoms with Gasteiger partial charge in [0.1, 0.15) is 23.7 Å². The molecule has 10 heteroatoms. The fourth-order valence-electron chi connectivity index (χ4n) is 6.13. The molecular weight excluding hydrogens is 552 g/mol. The van der Waals surface area contributed by atoms with Gasteiger partial charge < -0.3 is 14.6 Å². The van der Waals surface area contributed by atoms with Crippen LogP contribution in [0.25, 0.3) is 0 Å². The van der Waals surface area contributed by atoms with Crippen molar-refractivity contribution in [3.05, 3.63) is 70.8 Å². The third kappa shape index (κ3) is 6.68. The highest BCUT2D eigenvalue weighted by atomic mass is 32.2. The van der Waals surface area contributed by atoms with Gasteiger partial charge in [-0.25, -0.2) is 17.2 Å². The van der Waals surface area contributed by atoms with E-state index in [1.54, 1.807) is 31.2 Å². The van der Waals surface area contributed by atoms with E-state index in [9.17, 15) is 13.5 Å². The second-order valence-electron chi connectivity index (χ2n) is 13.1. The maximum absolute atomic E-state index is 15.5. The molecule has 0 amide bonds. The molecule has 40 heavy (non-hydrogen) atoms. The third-order valence-electron chi connectivity index (χ3n) is 8.44. The topological polar surface area (TPSA) is 76.1 Å². The smallest absolute Gasteiger partial charge is 0.221 e. The first-order valence-electron chi connectivity index (χ1n) is 14.1. The van der Waals surface area contributed by atoms with Gasteiger partial charge >= 0.3 is 0 Å². The van der Waals surface area contributed by atoms with Gasteiger partial charge in [0.15, 0.2) is 0 Å². The zero-order chi connectivity index (χ0) is 29.3. The molecule has 2 aromatic carbocycles. The molecular formula is C30H43F2NO5SSi. The summed E-state index contributed by atoms with van der Waals surface area (Å²) in [5.41, 5.74) is -0.823. The lowest BCUT2D eigenvalue weighted by atomic mass is 9.57. The summed E-state index contributed by atoms with van der Waals surface area (Å²) >= 11 is 0. The minimum Gasteiger partial charge on any atom is -0.395 e. The normalized spacial score (nSPS) is 28.8. The van der Waals surface area contributed by atoms with Crippen LogP contribution in [0.4, 0.5) is 8.78 Å². The highest BCUT2D eigenvalue weighted by Gasteiger charge is 2.55. The lowest BCUT2D eigenvalue weighted by molar-refractivity contribution is -0.194. The summed E-state index contributed by atoms with van der Waals surface area (Å²) in [7, 11) is -5.00. The number of ether oxygens (including phenoxy) is 2. The summed E-state index contributed by atoms with van der Waals surface area (Å²) in [6.07, 6.45) is 1.73. The average Bonchev–Trinajstić information content (AvgIpc) is 2.86. The quantitative estimate of drug-likeness (QED) is 0.192. The van der Waals surface area contributed by atoms with Gasteiger partial charge in [-0.2, -0.15) is 4.31 Å². The summed E-state index contributed by atoms with van der Waals surface area (Å²) in [5, 5.41) is 9.53. The van der Waals surface area contributed by atoms with Crippen LogP contribution in [0.3, 0.4) is 0 Å². The van der Waals surface area contributed by atoms with Gasteiger partial charge in [0, 0.05) is 38.2 Å². The largest absolute Gasteiger partial charge is 0.395 e. The van der Waals surface area contributed by atoms with Gasteiger partial charge in [-0.05, 0) is 68.8 Å². The maximum Gasteiger partial charge on any atom is 0.221 e. The number of aliphatic hydroxyl groups excluding tert-OH is 1. The van der Waals surface area contributed by atoms with Crippen LogP contribution in [0.1, 0.15) is 61.5 Å². The van der Waals surface area contributed by atoms with Gasteiger partial charge in [0.2, 0.25) is 10.0 Å². The van der Waals surface area contributed by atoms with Crippen molar-refractivity contribution in [3.63, 3.8) is 0 Å². The Morgan fingerprint density at radius 2 is 1.75 bits per heavy atom. The second-order valence-corrected chi connectivity index (χ2v) is 20.8. The minimum absolute atomic E-state index is 0.0207. The molecule has 1 N–H and O–H groups in total. The van der Waals surface area contributed by atoms with Crippen molar-refractivity contribution in [2.75, 3.05) is 20.0 Å². The Labute approximate surface area is 238 Å². The summed E-state index contributed by atoms with van der Waals surface area (Å²) in [6.45, 7) is 10.6. The lowest BCUT2D eigenvalue weighted by Gasteiger charge is -2.53. The third-order valence-corrected chi connectivity index (χ3v) is 12.5. The molecule has 4 rings (SSSR count). The van der Waals surface area contributed by atoms with E-state index in [1.807, 2.05) is 13.0 Å². The van der Waals surface area contributed by atoms with Gasteiger partial charge in [0.05, 0.1) is 12.2 Å². The number of nitrogens with zero attached hydrogens (tertiary/aromatic N) is 1. The van der Waals surface area contributed by atoms with E-state index in [0.29, 0.717) is 37.9 Å². The van der Waals surface area contributed by atoms with E-state index >= 15 is 8.78 Å². The Balaban J connectivity index is 1.47. The molecule has 1 saturated carbocycles. The Bertz CT molecular complexity index is 1280. The van der Waals surface area contributed by atoms with Crippen molar-refractivity contribution in [3.8, 4) is 0 Å². The van der Waals surface area contributed by atoms with Gasteiger partial charge in [0.25, 0.3) is 0 Å². The Hall–Kier alpha value is -1.69. The summed E-state index contributed by atoms with van der Waals surface area (Å²) in [4.78, 5) is 0. The van der Waals surface area contributed by atoms with E-state index in [2.05, 4.69) is 19.6 Å². The predicted molar refractivity (Wildman–Crippen MR) is 155 cm³/mol. The van der Waals surface area contributed by atoms with Crippen LogP contribution in [0, 0.1) is 11.6 Å². The fourth-order valence-corrected chi connectivity index (χ4v) is 9.07. The number of sulfonamides is 1. The number of halogens is 2. The molecule has 2 unspecified atom stereocenters. The van der Waals surface area contributed by atoms with Crippen molar-refractivity contribution in [2.24, 2.45) is 0 Å². The molecule has 1 aliphatic carbocycles. The van der Waals surface area contributed by atoms with Crippen molar-refractivity contribution >= 4 is 18.1 Å². The molecule has 0 bridgehead atoms. The number of rotatable bonds is 11. The van der Waals surface area contributed by atoms with Crippen LogP contribution in [-0.2, 0) is 31.5 Å². The lowest BCUT2D eigenvalue weighted by Crippen LogP contribution is -2.57. The predicted octanol–water partition coefficient (Wildman–Crippen LogP) is 6.13. The highest BCUT2D eigenvalue weighted by molar-refractivity contribution is 7.89. The van der Waals surface area contributed by atoms with Gasteiger partial charge in [-0.15, -0.1) is 0 Å². The molecule has 0 radical (unpaired) electrons.